The number of carboxylic acids is 1. The van der Waals surface area contributed by atoms with Crippen LogP contribution in [-0.2, 0) is 4.79 Å². The highest BCUT2D eigenvalue weighted by Gasteiger charge is 2.53. The first-order valence-corrected chi connectivity index (χ1v) is 6.80. The smallest absolute Gasteiger partial charge is 0.308 e. The molecule has 0 radical (unpaired) electrons. The Morgan fingerprint density at radius 2 is 2.16 bits per heavy atom. The number of anilines is 1. The van der Waals surface area contributed by atoms with Crippen molar-refractivity contribution < 1.29 is 9.90 Å². The molecular formula is C14H19N3O2. The summed E-state index contributed by atoms with van der Waals surface area (Å²) in [5.41, 5.74) is 0.919. The van der Waals surface area contributed by atoms with Crippen LogP contribution in [0, 0.1) is 25.2 Å². The third kappa shape index (κ3) is 1.97. The fourth-order valence-corrected chi connectivity index (χ4v) is 3.48. The van der Waals surface area contributed by atoms with Gasteiger partial charge in [-0.2, -0.15) is 0 Å². The summed E-state index contributed by atoms with van der Waals surface area (Å²) in [6.45, 7) is 5.22. The van der Waals surface area contributed by atoms with Gasteiger partial charge in [-0.3, -0.25) is 4.79 Å². The summed E-state index contributed by atoms with van der Waals surface area (Å²) >= 11 is 0. The SMILES string of the molecule is Cc1cc(N2C[C@H](C(=O)O)C3(CCC3)C2)nc(C)n1. The summed E-state index contributed by atoms with van der Waals surface area (Å²) in [6, 6.07) is 1.95. The minimum Gasteiger partial charge on any atom is -0.481 e. The molecule has 2 fully saturated rings. The maximum atomic E-state index is 11.5. The lowest BCUT2D eigenvalue weighted by atomic mass is 9.63. The Morgan fingerprint density at radius 3 is 2.63 bits per heavy atom. The Bertz CT molecular complexity index is 505. The summed E-state index contributed by atoms with van der Waals surface area (Å²) in [4.78, 5) is 22.3. The van der Waals surface area contributed by atoms with Crippen molar-refractivity contribution in [3.63, 3.8) is 0 Å². The molecule has 0 amide bonds. The van der Waals surface area contributed by atoms with Gasteiger partial charge >= 0.3 is 5.97 Å². The topological polar surface area (TPSA) is 66.3 Å². The van der Waals surface area contributed by atoms with Gasteiger partial charge < -0.3 is 10.0 Å². The molecule has 1 aromatic heterocycles. The second-order valence-electron chi connectivity index (χ2n) is 5.90. The van der Waals surface area contributed by atoms with Crippen LogP contribution < -0.4 is 4.90 Å². The number of hydrogen-bond acceptors (Lipinski definition) is 4. The largest absolute Gasteiger partial charge is 0.481 e. The summed E-state index contributed by atoms with van der Waals surface area (Å²) in [5, 5.41) is 9.43. The van der Waals surface area contributed by atoms with Gasteiger partial charge in [-0.05, 0) is 26.7 Å². The van der Waals surface area contributed by atoms with E-state index in [4.69, 9.17) is 0 Å². The van der Waals surface area contributed by atoms with Gasteiger partial charge in [0.15, 0.2) is 0 Å². The summed E-state index contributed by atoms with van der Waals surface area (Å²) in [5.74, 6) is 0.706. The normalized spacial score (nSPS) is 24.5. The molecule has 0 bridgehead atoms. The van der Waals surface area contributed by atoms with Gasteiger partial charge in [-0.15, -0.1) is 0 Å². The standard InChI is InChI=1S/C14H19N3O2/c1-9-6-12(16-10(2)15-9)17-7-11(13(18)19)14(8-17)4-3-5-14/h6,11H,3-5,7-8H2,1-2H3,(H,18,19)/t11-/m1/s1. The van der Waals surface area contributed by atoms with E-state index in [1.54, 1.807) is 0 Å². The maximum absolute atomic E-state index is 11.5. The summed E-state index contributed by atoms with van der Waals surface area (Å²) in [7, 11) is 0. The second kappa shape index (κ2) is 4.18. The van der Waals surface area contributed by atoms with E-state index in [9.17, 15) is 9.90 Å². The van der Waals surface area contributed by atoms with Crippen LogP contribution in [0.4, 0.5) is 5.82 Å². The molecule has 2 aliphatic rings. The molecule has 5 nitrogen and oxygen atoms in total. The Morgan fingerprint density at radius 1 is 1.42 bits per heavy atom. The molecule has 1 aliphatic heterocycles. The number of aliphatic carboxylic acids is 1. The number of nitrogens with zero attached hydrogens (tertiary/aromatic N) is 3. The highest BCUT2D eigenvalue weighted by molar-refractivity contribution is 5.73. The van der Waals surface area contributed by atoms with Gasteiger partial charge in [0.25, 0.3) is 0 Å². The first kappa shape index (κ1) is 12.4. The van der Waals surface area contributed by atoms with Crippen LogP contribution >= 0.6 is 0 Å². The lowest BCUT2D eigenvalue weighted by Crippen LogP contribution is -2.40. The lowest BCUT2D eigenvalue weighted by Gasteiger charge is -2.41. The Labute approximate surface area is 112 Å². The van der Waals surface area contributed by atoms with E-state index in [0.717, 1.165) is 43.1 Å². The predicted molar refractivity (Wildman–Crippen MR) is 71.1 cm³/mol. The zero-order chi connectivity index (χ0) is 13.6. The lowest BCUT2D eigenvalue weighted by molar-refractivity contribution is -0.146. The number of aromatic nitrogens is 2. The van der Waals surface area contributed by atoms with Crippen LogP contribution in [0.25, 0.3) is 0 Å². The van der Waals surface area contributed by atoms with Crippen LogP contribution in [0.5, 0.6) is 0 Å². The number of hydrogen-bond donors (Lipinski definition) is 1. The molecule has 0 unspecified atom stereocenters. The first-order valence-electron chi connectivity index (χ1n) is 6.80. The second-order valence-corrected chi connectivity index (χ2v) is 5.90. The Hall–Kier alpha value is -1.65. The molecule has 1 saturated heterocycles. The molecular weight excluding hydrogens is 242 g/mol. The van der Waals surface area contributed by atoms with Gasteiger partial charge in [0, 0.05) is 30.3 Å². The molecule has 1 N–H and O–H groups in total. The van der Waals surface area contributed by atoms with Crippen molar-refractivity contribution in [3.8, 4) is 0 Å². The van der Waals surface area contributed by atoms with Crippen LogP contribution in [0.3, 0.4) is 0 Å². The number of carbonyl (C=O) groups is 1. The van der Waals surface area contributed by atoms with Crippen molar-refractivity contribution in [2.45, 2.75) is 33.1 Å². The summed E-state index contributed by atoms with van der Waals surface area (Å²) < 4.78 is 0. The molecule has 19 heavy (non-hydrogen) atoms. The monoisotopic (exact) mass is 261 g/mol. The van der Waals surface area contributed by atoms with E-state index >= 15 is 0 Å². The van der Waals surface area contributed by atoms with Crippen molar-refractivity contribution >= 4 is 11.8 Å². The first-order chi connectivity index (χ1) is 9.00. The number of carboxylic acid groups (broad SMARTS) is 1. The molecule has 2 heterocycles. The zero-order valence-corrected chi connectivity index (χ0v) is 11.4. The van der Waals surface area contributed by atoms with Crippen molar-refractivity contribution in [2.24, 2.45) is 11.3 Å². The third-order valence-corrected chi connectivity index (χ3v) is 4.57. The molecule has 0 aromatic carbocycles. The maximum Gasteiger partial charge on any atom is 0.308 e. The molecule has 5 heteroatoms. The van der Waals surface area contributed by atoms with Crippen molar-refractivity contribution in [1.29, 1.82) is 0 Å². The minimum absolute atomic E-state index is 0.0153. The zero-order valence-electron chi connectivity index (χ0n) is 11.4. The van der Waals surface area contributed by atoms with Gasteiger partial charge in [0.1, 0.15) is 11.6 Å². The van der Waals surface area contributed by atoms with Crippen LogP contribution in [0.2, 0.25) is 0 Å². The average molecular weight is 261 g/mol. The minimum atomic E-state index is -0.662. The van der Waals surface area contributed by atoms with Crippen molar-refractivity contribution in [3.05, 3.63) is 17.6 Å². The molecule has 102 valence electrons. The quantitative estimate of drug-likeness (QED) is 0.879. The van der Waals surface area contributed by atoms with E-state index in [0.29, 0.717) is 6.54 Å². The highest BCUT2D eigenvalue weighted by atomic mass is 16.4. The average Bonchev–Trinajstić information content (AvgIpc) is 2.67. The number of rotatable bonds is 2. The fraction of sp³-hybridized carbons (Fsp3) is 0.643. The van der Waals surface area contributed by atoms with Gasteiger partial charge in [0.05, 0.1) is 5.92 Å². The van der Waals surface area contributed by atoms with E-state index in [1.165, 1.54) is 0 Å². The molecule has 1 saturated carbocycles. The van der Waals surface area contributed by atoms with E-state index in [-0.39, 0.29) is 11.3 Å². The Balaban J connectivity index is 1.89. The van der Waals surface area contributed by atoms with Crippen LogP contribution in [0.15, 0.2) is 6.07 Å². The van der Waals surface area contributed by atoms with Crippen LogP contribution in [-0.4, -0.2) is 34.1 Å². The fourth-order valence-electron chi connectivity index (χ4n) is 3.48. The molecule has 1 atom stereocenters. The van der Waals surface area contributed by atoms with Crippen LogP contribution in [0.1, 0.15) is 30.8 Å². The molecule has 3 rings (SSSR count). The molecule has 1 spiro atoms. The van der Waals surface area contributed by atoms with E-state index in [1.807, 2.05) is 19.9 Å². The van der Waals surface area contributed by atoms with Crippen molar-refractivity contribution in [2.75, 3.05) is 18.0 Å². The van der Waals surface area contributed by atoms with Crippen molar-refractivity contribution in [1.82, 2.24) is 9.97 Å². The molecule has 1 aromatic rings. The molecule has 1 aliphatic carbocycles. The van der Waals surface area contributed by atoms with Gasteiger partial charge in [-0.25, -0.2) is 9.97 Å². The number of aryl methyl sites for hydroxylation is 2. The highest BCUT2D eigenvalue weighted by Crippen LogP contribution is 2.52. The third-order valence-electron chi connectivity index (χ3n) is 4.57. The summed E-state index contributed by atoms with van der Waals surface area (Å²) in [6.07, 6.45) is 3.21. The van der Waals surface area contributed by atoms with Gasteiger partial charge in [0.2, 0.25) is 0 Å². The predicted octanol–water partition coefficient (Wildman–Crippen LogP) is 1.78. The Kier molecular flexibility index (Phi) is 2.73. The van der Waals surface area contributed by atoms with Gasteiger partial charge in [-0.1, -0.05) is 6.42 Å². The van der Waals surface area contributed by atoms with E-state index in [2.05, 4.69) is 14.9 Å². The van der Waals surface area contributed by atoms with E-state index < -0.39 is 5.97 Å².